The summed E-state index contributed by atoms with van der Waals surface area (Å²) in [7, 11) is 0. The van der Waals surface area contributed by atoms with Gasteiger partial charge in [-0.1, -0.05) is 18.2 Å². The van der Waals surface area contributed by atoms with Crippen LogP contribution in [0.25, 0.3) is 0 Å². The average molecular weight is 296 g/mol. The van der Waals surface area contributed by atoms with Gasteiger partial charge in [0.05, 0.1) is 5.92 Å². The SMILES string of the molecule is O=C(NC12CC3CC(CC(C3)C1)C2)C1CNc2ccccc21. The van der Waals surface area contributed by atoms with Gasteiger partial charge in [0, 0.05) is 17.8 Å². The van der Waals surface area contributed by atoms with E-state index in [1.54, 1.807) is 0 Å². The predicted molar refractivity (Wildman–Crippen MR) is 86.7 cm³/mol. The summed E-state index contributed by atoms with van der Waals surface area (Å²) in [6.45, 7) is 0.748. The Morgan fingerprint density at radius 2 is 1.68 bits per heavy atom. The van der Waals surface area contributed by atoms with Crippen molar-refractivity contribution in [3.63, 3.8) is 0 Å². The highest BCUT2D eigenvalue weighted by molar-refractivity contribution is 5.88. The van der Waals surface area contributed by atoms with Crippen molar-refractivity contribution in [3.8, 4) is 0 Å². The largest absolute Gasteiger partial charge is 0.384 e. The molecule has 4 bridgehead atoms. The molecule has 5 aliphatic rings. The molecular formula is C19H24N2O. The van der Waals surface area contributed by atoms with Gasteiger partial charge in [0.25, 0.3) is 0 Å². The van der Waals surface area contributed by atoms with Gasteiger partial charge in [-0.15, -0.1) is 0 Å². The summed E-state index contributed by atoms with van der Waals surface area (Å²) in [6, 6.07) is 8.24. The molecule has 3 heteroatoms. The molecule has 1 unspecified atom stereocenters. The van der Waals surface area contributed by atoms with Crippen molar-refractivity contribution < 1.29 is 4.79 Å². The molecule has 4 aliphatic carbocycles. The van der Waals surface area contributed by atoms with Crippen LogP contribution in [-0.2, 0) is 4.79 Å². The Morgan fingerprint density at radius 3 is 2.36 bits per heavy atom. The summed E-state index contributed by atoms with van der Waals surface area (Å²) in [5.41, 5.74) is 2.43. The molecule has 6 rings (SSSR count). The Kier molecular flexibility index (Phi) is 2.65. The standard InChI is InChI=1S/C19H24N2O/c22-18(16-11-20-17-4-2-1-3-15(16)17)21-19-8-12-5-13(9-19)7-14(6-12)10-19/h1-4,12-14,16,20H,5-11H2,(H,21,22). The molecule has 4 saturated carbocycles. The Morgan fingerprint density at radius 1 is 1.05 bits per heavy atom. The number of hydrogen-bond acceptors (Lipinski definition) is 2. The van der Waals surface area contributed by atoms with Crippen LogP contribution in [0, 0.1) is 17.8 Å². The quantitative estimate of drug-likeness (QED) is 0.879. The second-order valence-corrected chi connectivity index (χ2v) is 8.21. The van der Waals surface area contributed by atoms with Gasteiger partial charge in [-0.3, -0.25) is 4.79 Å². The molecule has 4 fully saturated rings. The third-order valence-electron chi connectivity index (χ3n) is 6.58. The summed E-state index contributed by atoms with van der Waals surface area (Å²) in [5, 5.41) is 6.91. The van der Waals surface area contributed by atoms with Crippen molar-refractivity contribution in [3.05, 3.63) is 29.8 Å². The van der Waals surface area contributed by atoms with Crippen LogP contribution in [0.15, 0.2) is 24.3 Å². The monoisotopic (exact) mass is 296 g/mol. The van der Waals surface area contributed by atoms with Crippen molar-refractivity contribution in [1.29, 1.82) is 0 Å². The van der Waals surface area contributed by atoms with Gasteiger partial charge in [0.15, 0.2) is 0 Å². The molecule has 22 heavy (non-hydrogen) atoms. The number of carbonyl (C=O) groups excluding carboxylic acids is 1. The first-order valence-electron chi connectivity index (χ1n) is 8.86. The minimum Gasteiger partial charge on any atom is -0.384 e. The first kappa shape index (κ1) is 13.0. The van der Waals surface area contributed by atoms with Crippen LogP contribution >= 0.6 is 0 Å². The molecule has 1 heterocycles. The highest BCUT2D eigenvalue weighted by Gasteiger charge is 2.52. The fourth-order valence-electron chi connectivity index (χ4n) is 6.13. The lowest BCUT2D eigenvalue weighted by Gasteiger charge is -2.57. The first-order chi connectivity index (χ1) is 10.7. The highest BCUT2D eigenvalue weighted by Crippen LogP contribution is 2.55. The van der Waals surface area contributed by atoms with Gasteiger partial charge in [0.1, 0.15) is 0 Å². The summed E-state index contributed by atoms with van der Waals surface area (Å²) in [5.74, 6) is 2.87. The van der Waals surface area contributed by atoms with Gasteiger partial charge < -0.3 is 10.6 Å². The predicted octanol–water partition coefficient (Wildman–Crippen LogP) is 3.28. The molecule has 1 aromatic rings. The number of nitrogens with one attached hydrogen (secondary N) is 2. The number of benzene rings is 1. The number of para-hydroxylation sites is 1. The lowest BCUT2D eigenvalue weighted by molar-refractivity contribution is -0.127. The van der Waals surface area contributed by atoms with Crippen molar-refractivity contribution in [2.75, 3.05) is 11.9 Å². The van der Waals surface area contributed by atoms with E-state index in [1.165, 1.54) is 44.1 Å². The lowest BCUT2D eigenvalue weighted by Crippen LogP contribution is -2.60. The van der Waals surface area contributed by atoms with E-state index in [0.29, 0.717) is 0 Å². The molecule has 2 N–H and O–H groups in total. The van der Waals surface area contributed by atoms with Crippen molar-refractivity contribution in [2.45, 2.75) is 50.0 Å². The summed E-state index contributed by atoms with van der Waals surface area (Å²) in [4.78, 5) is 12.9. The van der Waals surface area contributed by atoms with Gasteiger partial charge in [-0.25, -0.2) is 0 Å². The van der Waals surface area contributed by atoms with E-state index in [2.05, 4.69) is 22.8 Å². The maximum atomic E-state index is 12.9. The van der Waals surface area contributed by atoms with Gasteiger partial charge >= 0.3 is 0 Å². The zero-order valence-electron chi connectivity index (χ0n) is 13.0. The van der Waals surface area contributed by atoms with Crippen molar-refractivity contribution >= 4 is 11.6 Å². The van der Waals surface area contributed by atoms with Crippen molar-refractivity contribution in [1.82, 2.24) is 5.32 Å². The molecule has 1 amide bonds. The molecule has 3 nitrogen and oxygen atoms in total. The van der Waals surface area contributed by atoms with Crippen LogP contribution in [0.2, 0.25) is 0 Å². The minimum absolute atomic E-state index is 0.01000. The van der Waals surface area contributed by atoms with Gasteiger partial charge in [0.2, 0.25) is 5.91 Å². The fourth-order valence-corrected chi connectivity index (χ4v) is 6.13. The molecule has 0 radical (unpaired) electrons. The van der Waals surface area contributed by atoms with E-state index >= 15 is 0 Å². The molecule has 1 aromatic carbocycles. The number of rotatable bonds is 2. The molecule has 0 spiro atoms. The van der Waals surface area contributed by atoms with Gasteiger partial charge in [-0.2, -0.15) is 0 Å². The molecule has 1 atom stereocenters. The average Bonchev–Trinajstić information content (AvgIpc) is 2.89. The maximum absolute atomic E-state index is 12.9. The summed E-state index contributed by atoms with van der Waals surface area (Å²) in [6.07, 6.45) is 7.94. The van der Waals surface area contributed by atoms with Gasteiger partial charge in [-0.05, 0) is 67.9 Å². The third kappa shape index (κ3) is 1.90. The number of fused-ring (bicyclic) bond motifs is 1. The number of carbonyl (C=O) groups is 1. The lowest BCUT2D eigenvalue weighted by atomic mass is 9.53. The summed E-state index contributed by atoms with van der Waals surface area (Å²) < 4.78 is 0. The molecule has 116 valence electrons. The number of amides is 1. The van der Waals surface area contributed by atoms with Crippen LogP contribution in [0.5, 0.6) is 0 Å². The van der Waals surface area contributed by atoms with Crippen LogP contribution in [-0.4, -0.2) is 18.0 Å². The van der Waals surface area contributed by atoms with Crippen molar-refractivity contribution in [2.24, 2.45) is 17.8 Å². The van der Waals surface area contributed by atoms with E-state index in [-0.39, 0.29) is 17.4 Å². The highest BCUT2D eigenvalue weighted by atomic mass is 16.2. The minimum atomic E-state index is -0.01000. The van der Waals surface area contributed by atoms with E-state index in [4.69, 9.17) is 0 Å². The maximum Gasteiger partial charge on any atom is 0.229 e. The zero-order chi connectivity index (χ0) is 14.7. The number of anilines is 1. The smallest absolute Gasteiger partial charge is 0.229 e. The normalized spacial score (nSPS) is 41.1. The van der Waals surface area contributed by atoms with E-state index in [1.807, 2.05) is 12.1 Å². The Hall–Kier alpha value is -1.51. The first-order valence-corrected chi connectivity index (χ1v) is 8.86. The molecule has 1 aliphatic heterocycles. The number of hydrogen-bond donors (Lipinski definition) is 2. The third-order valence-corrected chi connectivity index (χ3v) is 6.58. The Bertz CT molecular complexity index is 588. The van der Waals surface area contributed by atoms with Crippen LogP contribution in [0.4, 0.5) is 5.69 Å². The Labute approximate surface area is 131 Å². The summed E-state index contributed by atoms with van der Waals surface area (Å²) >= 11 is 0. The van der Waals surface area contributed by atoms with E-state index in [0.717, 1.165) is 30.0 Å². The zero-order valence-corrected chi connectivity index (χ0v) is 13.0. The van der Waals surface area contributed by atoms with Crippen LogP contribution in [0.1, 0.15) is 50.0 Å². The molecular weight excluding hydrogens is 272 g/mol. The van der Waals surface area contributed by atoms with Crippen LogP contribution < -0.4 is 10.6 Å². The fraction of sp³-hybridized carbons (Fsp3) is 0.632. The van der Waals surface area contributed by atoms with E-state index < -0.39 is 0 Å². The topological polar surface area (TPSA) is 41.1 Å². The second kappa shape index (κ2) is 4.50. The Balaban J connectivity index is 1.37. The molecule has 0 aromatic heterocycles. The van der Waals surface area contributed by atoms with E-state index in [9.17, 15) is 4.79 Å². The second-order valence-electron chi connectivity index (χ2n) is 8.21. The van der Waals surface area contributed by atoms with Crippen LogP contribution in [0.3, 0.4) is 0 Å². The molecule has 0 saturated heterocycles.